The summed E-state index contributed by atoms with van der Waals surface area (Å²) in [5, 5.41) is 20.7. The molecule has 0 unspecified atom stereocenters. The molecule has 1 saturated heterocycles. The number of benzene rings is 1. The third-order valence-electron chi connectivity index (χ3n) is 3.48. The highest BCUT2D eigenvalue weighted by molar-refractivity contribution is 9.10. The number of carbonyl (C=O) groups excluding carboxylic acids is 1. The number of carbonyl (C=O) groups is 2. The maximum absolute atomic E-state index is 12.1. The van der Waals surface area contributed by atoms with Gasteiger partial charge in [-0.25, -0.2) is 4.79 Å². The summed E-state index contributed by atoms with van der Waals surface area (Å²) in [6, 6.07) is 6.75. The summed E-state index contributed by atoms with van der Waals surface area (Å²) >= 11 is 3.27. The molecule has 0 spiro atoms. The van der Waals surface area contributed by atoms with Crippen LogP contribution in [0.25, 0.3) is 0 Å². The van der Waals surface area contributed by atoms with Crippen molar-refractivity contribution >= 4 is 33.6 Å². The summed E-state index contributed by atoms with van der Waals surface area (Å²) in [5.74, 6) is -1.19. The van der Waals surface area contributed by atoms with E-state index in [1.807, 2.05) is 6.07 Å². The molecule has 7 heteroatoms. The number of amides is 2. The Balaban J connectivity index is 2.00. The van der Waals surface area contributed by atoms with E-state index in [0.717, 1.165) is 4.47 Å². The number of hydrogen-bond acceptors (Lipinski definition) is 3. The van der Waals surface area contributed by atoms with Crippen LogP contribution in [0.4, 0.5) is 10.5 Å². The summed E-state index contributed by atoms with van der Waals surface area (Å²) in [4.78, 5) is 24.6. The van der Waals surface area contributed by atoms with Gasteiger partial charge in [0.2, 0.25) is 0 Å². The summed E-state index contributed by atoms with van der Waals surface area (Å²) < 4.78 is 0.763. The Labute approximate surface area is 130 Å². The number of nitrogens with zero attached hydrogens (tertiary/aromatic N) is 2. The van der Waals surface area contributed by atoms with E-state index in [1.54, 1.807) is 23.1 Å². The Hall–Kier alpha value is -2.07. The zero-order chi connectivity index (χ0) is 15.4. The van der Waals surface area contributed by atoms with Crippen LogP contribution in [0.5, 0.6) is 0 Å². The number of nitrogens with one attached hydrogen (secondary N) is 1. The number of rotatable bonds is 2. The van der Waals surface area contributed by atoms with Crippen molar-refractivity contribution in [3.05, 3.63) is 28.2 Å². The van der Waals surface area contributed by atoms with E-state index in [0.29, 0.717) is 37.2 Å². The maximum atomic E-state index is 12.1. The predicted octanol–water partition coefficient (Wildman–Crippen LogP) is 2.65. The molecular weight excluding hydrogens is 338 g/mol. The zero-order valence-electron chi connectivity index (χ0n) is 11.2. The normalized spacial score (nSPS) is 15.3. The van der Waals surface area contributed by atoms with E-state index in [2.05, 4.69) is 21.2 Å². The van der Waals surface area contributed by atoms with Crippen LogP contribution in [0.3, 0.4) is 0 Å². The summed E-state index contributed by atoms with van der Waals surface area (Å²) in [5.41, 5.74) is 0.823. The molecule has 0 saturated carbocycles. The quantitative estimate of drug-likeness (QED) is 0.856. The monoisotopic (exact) mass is 351 g/mol. The molecule has 6 nitrogen and oxygen atoms in total. The first kappa shape index (κ1) is 15.3. The number of aliphatic carboxylic acids is 1. The van der Waals surface area contributed by atoms with Crippen LogP contribution in [0, 0.1) is 17.2 Å². The number of carboxylic acid groups (broad SMARTS) is 1. The molecule has 2 amide bonds. The van der Waals surface area contributed by atoms with Crippen LogP contribution < -0.4 is 5.32 Å². The lowest BCUT2D eigenvalue weighted by Gasteiger charge is -2.30. The van der Waals surface area contributed by atoms with Crippen molar-refractivity contribution < 1.29 is 14.7 Å². The number of anilines is 1. The van der Waals surface area contributed by atoms with Crippen molar-refractivity contribution in [2.24, 2.45) is 5.92 Å². The Morgan fingerprint density at radius 2 is 2.05 bits per heavy atom. The van der Waals surface area contributed by atoms with Gasteiger partial charge in [0.1, 0.15) is 6.07 Å². The van der Waals surface area contributed by atoms with E-state index in [4.69, 9.17) is 10.4 Å². The molecule has 0 aromatic heterocycles. The second-order valence-corrected chi connectivity index (χ2v) is 5.75. The number of piperidine rings is 1. The van der Waals surface area contributed by atoms with Crippen molar-refractivity contribution in [3.63, 3.8) is 0 Å². The fraction of sp³-hybridized carbons (Fsp3) is 0.357. The van der Waals surface area contributed by atoms with Crippen molar-refractivity contribution in [1.82, 2.24) is 4.90 Å². The Morgan fingerprint density at radius 3 is 2.62 bits per heavy atom. The predicted molar refractivity (Wildman–Crippen MR) is 79.8 cm³/mol. The third-order valence-corrected chi connectivity index (χ3v) is 3.97. The molecule has 1 aliphatic rings. The van der Waals surface area contributed by atoms with Crippen LogP contribution in [0.1, 0.15) is 18.4 Å². The van der Waals surface area contributed by atoms with Gasteiger partial charge < -0.3 is 15.3 Å². The second kappa shape index (κ2) is 6.59. The van der Waals surface area contributed by atoms with Crippen LogP contribution in [0.2, 0.25) is 0 Å². The standard InChI is InChI=1S/C14H14BrN3O3/c15-11-1-2-12(10(7-11)8-16)17-14(21)18-5-3-9(4-6-18)13(19)20/h1-2,7,9H,3-6H2,(H,17,21)(H,19,20). The maximum Gasteiger partial charge on any atom is 0.321 e. The number of likely N-dealkylation sites (tertiary alicyclic amines) is 1. The largest absolute Gasteiger partial charge is 0.481 e. The summed E-state index contributed by atoms with van der Waals surface area (Å²) in [7, 11) is 0. The average Bonchev–Trinajstić information content (AvgIpc) is 2.49. The molecule has 110 valence electrons. The van der Waals surface area contributed by atoms with Gasteiger partial charge in [-0.2, -0.15) is 5.26 Å². The summed E-state index contributed by atoms with van der Waals surface area (Å²) in [6.45, 7) is 0.808. The van der Waals surface area contributed by atoms with Gasteiger partial charge in [0.15, 0.2) is 0 Å². The molecule has 2 N–H and O–H groups in total. The smallest absolute Gasteiger partial charge is 0.321 e. The van der Waals surface area contributed by atoms with Gasteiger partial charge in [-0.1, -0.05) is 15.9 Å². The molecule has 0 atom stereocenters. The molecule has 21 heavy (non-hydrogen) atoms. The average molecular weight is 352 g/mol. The molecule has 0 bridgehead atoms. The lowest BCUT2D eigenvalue weighted by Crippen LogP contribution is -2.42. The topological polar surface area (TPSA) is 93.4 Å². The van der Waals surface area contributed by atoms with Gasteiger partial charge in [-0.15, -0.1) is 0 Å². The molecule has 1 fully saturated rings. The first-order chi connectivity index (χ1) is 10.0. The lowest BCUT2D eigenvalue weighted by molar-refractivity contribution is -0.143. The molecular formula is C14H14BrN3O3. The van der Waals surface area contributed by atoms with E-state index in [9.17, 15) is 9.59 Å². The first-order valence-corrected chi connectivity index (χ1v) is 7.29. The Kier molecular flexibility index (Phi) is 4.81. The second-order valence-electron chi connectivity index (χ2n) is 4.83. The minimum Gasteiger partial charge on any atom is -0.481 e. The molecule has 1 aromatic rings. The van der Waals surface area contributed by atoms with Crippen LogP contribution in [0.15, 0.2) is 22.7 Å². The van der Waals surface area contributed by atoms with Gasteiger partial charge in [-0.3, -0.25) is 4.79 Å². The number of urea groups is 1. The van der Waals surface area contributed by atoms with Gasteiger partial charge >= 0.3 is 12.0 Å². The van der Waals surface area contributed by atoms with E-state index < -0.39 is 5.97 Å². The molecule has 1 heterocycles. The van der Waals surface area contributed by atoms with Crippen molar-refractivity contribution in [3.8, 4) is 6.07 Å². The van der Waals surface area contributed by atoms with Crippen molar-refractivity contribution in [1.29, 1.82) is 5.26 Å². The first-order valence-electron chi connectivity index (χ1n) is 6.49. The van der Waals surface area contributed by atoms with Gasteiger partial charge in [-0.05, 0) is 31.0 Å². The van der Waals surface area contributed by atoms with Gasteiger partial charge in [0.25, 0.3) is 0 Å². The highest BCUT2D eigenvalue weighted by Crippen LogP contribution is 2.22. The SMILES string of the molecule is N#Cc1cc(Br)ccc1NC(=O)N1CCC(C(=O)O)CC1. The number of halogens is 1. The van der Waals surface area contributed by atoms with Crippen LogP contribution in [-0.4, -0.2) is 35.1 Å². The van der Waals surface area contributed by atoms with Crippen molar-refractivity contribution in [2.45, 2.75) is 12.8 Å². The fourth-order valence-electron chi connectivity index (χ4n) is 2.24. The van der Waals surface area contributed by atoms with Crippen LogP contribution >= 0.6 is 15.9 Å². The summed E-state index contributed by atoms with van der Waals surface area (Å²) in [6.07, 6.45) is 0.905. The van der Waals surface area contributed by atoms with E-state index in [-0.39, 0.29) is 11.9 Å². The highest BCUT2D eigenvalue weighted by Gasteiger charge is 2.27. The molecule has 0 aliphatic carbocycles. The van der Waals surface area contributed by atoms with E-state index >= 15 is 0 Å². The lowest BCUT2D eigenvalue weighted by atomic mass is 9.97. The Morgan fingerprint density at radius 1 is 1.38 bits per heavy atom. The zero-order valence-corrected chi connectivity index (χ0v) is 12.8. The number of carboxylic acids is 1. The van der Waals surface area contributed by atoms with Gasteiger partial charge in [0.05, 0.1) is 17.2 Å². The number of nitriles is 1. The third kappa shape index (κ3) is 3.73. The van der Waals surface area contributed by atoms with E-state index in [1.165, 1.54) is 0 Å². The molecule has 1 aliphatic heterocycles. The van der Waals surface area contributed by atoms with Gasteiger partial charge in [0, 0.05) is 17.6 Å². The Bertz CT molecular complexity index is 604. The highest BCUT2D eigenvalue weighted by atomic mass is 79.9. The fourth-order valence-corrected chi connectivity index (χ4v) is 2.60. The minimum atomic E-state index is -0.810. The molecule has 1 aromatic carbocycles. The van der Waals surface area contributed by atoms with Crippen LogP contribution in [-0.2, 0) is 4.79 Å². The number of hydrogen-bond donors (Lipinski definition) is 2. The minimum absolute atomic E-state index is 0.308. The molecule has 0 radical (unpaired) electrons. The van der Waals surface area contributed by atoms with Crippen molar-refractivity contribution in [2.75, 3.05) is 18.4 Å². The molecule has 2 rings (SSSR count).